The Labute approximate surface area is 99.7 Å². The van der Waals surface area contributed by atoms with Crippen molar-refractivity contribution in [1.82, 2.24) is 0 Å². The van der Waals surface area contributed by atoms with Crippen LogP contribution in [0.3, 0.4) is 0 Å². The lowest BCUT2D eigenvalue weighted by Crippen LogP contribution is -2.22. The first-order chi connectivity index (χ1) is 7.84. The van der Waals surface area contributed by atoms with E-state index in [9.17, 15) is 5.11 Å². The van der Waals surface area contributed by atoms with Crippen molar-refractivity contribution in [3.05, 3.63) is 12.3 Å². The Bertz CT molecular complexity index is 181. The minimum atomic E-state index is -0.591. The minimum Gasteiger partial charge on any atom is -0.473 e. The van der Waals surface area contributed by atoms with Crippen LogP contribution in [-0.4, -0.2) is 11.4 Å². The molecule has 0 amide bonds. The summed E-state index contributed by atoms with van der Waals surface area (Å²) in [6.07, 6.45) is 13.9. The summed E-state index contributed by atoms with van der Waals surface area (Å²) >= 11 is 0. The zero-order valence-electron chi connectivity index (χ0n) is 10.5. The third kappa shape index (κ3) is 5.55. The third-order valence-electron chi connectivity index (χ3n) is 3.32. The molecule has 1 fully saturated rings. The quantitative estimate of drug-likeness (QED) is 0.567. The van der Waals surface area contributed by atoms with Crippen molar-refractivity contribution in [1.29, 1.82) is 0 Å². The van der Waals surface area contributed by atoms with Crippen LogP contribution in [0.5, 0.6) is 0 Å². The van der Waals surface area contributed by atoms with Crippen molar-refractivity contribution in [3.63, 3.8) is 0 Å². The Morgan fingerprint density at radius 2 is 1.81 bits per heavy atom. The molecule has 1 unspecified atom stereocenters. The molecule has 94 valence electrons. The fourth-order valence-electron chi connectivity index (χ4n) is 2.25. The maximum atomic E-state index is 9.92. The highest BCUT2D eigenvalue weighted by Crippen LogP contribution is 2.25. The number of aliphatic hydroxyl groups is 1. The number of ether oxygens (including phenoxy) is 1. The van der Waals surface area contributed by atoms with E-state index in [0.717, 1.165) is 25.7 Å². The van der Waals surface area contributed by atoms with Crippen LogP contribution in [0.2, 0.25) is 0 Å². The van der Waals surface area contributed by atoms with Gasteiger partial charge in [-0.3, -0.25) is 0 Å². The van der Waals surface area contributed by atoms with Gasteiger partial charge in [-0.05, 0) is 25.3 Å². The maximum Gasteiger partial charge on any atom is 0.199 e. The second-order valence-corrected chi connectivity index (χ2v) is 4.79. The van der Waals surface area contributed by atoms with Crippen LogP contribution in [0.1, 0.15) is 64.7 Å². The lowest BCUT2D eigenvalue weighted by atomic mass is 9.91. The van der Waals surface area contributed by atoms with Gasteiger partial charge in [0.15, 0.2) is 6.29 Å². The molecule has 2 nitrogen and oxygen atoms in total. The van der Waals surface area contributed by atoms with Gasteiger partial charge in [0.1, 0.15) is 0 Å². The summed E-state index contributed by atoms with van der Waals surface area (Å²) in [5, 5.41) is 9.92. The van der Waals surface area contributed by atoms with E-state index in [-0.39, 0.29) is 0 Å². The molecule has 1 aliphatic carbocycles. The van der Waals surface area contributed by atoms with E-state index >= 15 is 0 Å². The van der Waals surface area contributed by atoms with Crippen LogP contribution in [-0.2, 0) is 4.74 Å². The molecule has 1 rings (SSSR count). The highest BCUT2D eigenvalue weighted by Gasteiger charge is 2.20. The molecule has 0 aromatic carbocycles. The second kappa shape index (κ2) is 8.63. The van der Waals surface area contributed by atoms with Gasteiger partial charge in [0.25, 0.3) is 0 Å². The smallest absolute Gasteiger partial charge is 0.199 e. The van der Waals surface area contributed by atoms with Gasteiger partial charge in [-0.1, -0.05) is 45.4 Å². The van der Waals surface area contributed by atoms with Gasteiger partial charge in [-0.15, -0.1) is 0 Å². The number of hydrogen-bond donors (Lipinski definition) is 1. The molecule has 0 aromatic heterocycles. The van der Waals surface area contributed by atoms with E-state index in [1.807, 2.05) is 6.08 Å². The van der Waals surface area contributed by atoms with Crippen molar-refractivity contribution < 1.29 is 9.84 Å². The maximum absolute atomic E-state index is 9.92. The molecule has 0 saturated heterocycles. The fourth-order valence-corrected chi connectivity index (χ4v) is 2.25. The predicted molar refractivity (Wildman–Crippen MR) is 66.9 cm³/mol. The first-order valence-electron chi connectivity index (χ1n) is 6.83. The molecule has 0 heterocycles. The molecule has 0 spiro atoms. The zero-order valence-corrected chi connectivity index (χ0v) is 10.5. The fraction of sp³-hybridized carbons (Fsp3) is 0.857. The first-order valence-corrected chi connectivity index (χ1v) is 6.83. The van der Waals surface area contributed by atoms with Crippen LogP contribution in [0.25, 0.3) is 0 Å². The predicted octanol–water partition coefficient (Wildman–Crippen LogP) is 4.00. The summed E-state index contributed by atoms with van der Waals surface area (Å²) in [7, 11) is 0. The molecular weight excluding hydrogens is 200 g/mol. The summed E-state index contributed by atoms with van der Waals surface area (Å²) in [4.78, 5) is 0. The Morgan fingerprint density at radius 3 is 2.44 bits per heavy atom. The van der Waals surface area contributed by atoms with Crippen molar-refractivity contribution in [2.45, 2.75) is 71.0 Å². The molecule has 16 heavy (non-hydrogen) atoms. The van der Waals surface area contributed by atoms with E-state index < -0.39 is 6.29 Å². The van der Waals surface area contributed by atoms with Crippen molar-refractivity contribution in [2.24, 2.45) is 5.92 Å². The van der Waals surface area contributed by atoms with Crippen LogP contribution in [0.4, 0.5) is 0 Å². The summed E-state index contributed by atoms with van der Waals surface area (Å²) < 4.78 is 5.35. The Kier molecular flexibility index (Phi) is 7.32. The third-order valence-corrected chi connectivity index (χ3v) is 3.32. The molecule has 1 aliphatic rings. The molecule has 0 aliphatic heterocycles. The highest BCUT2D eigenvalue weighted by molar-refractivity contribution is 4.74. The topological polar surface area (TPSA) is 29.5 Å². The van der Waals surface area contributed by atoms with E-state index in [1.165, 1.54) is 32.1 Å². The van der Waals surface area contributed by atoms with Gasteiger partial charge in [0, 0.05) is 5.92 Å². The number of allylic oxidation sites excluding steroid dienone is 1. The molecule has 1 N–H and O–H groups in total. The summed E-state index contributed by atoms with van der Waals surface area (Å²) in [6.45, 7) is 2.13. The summed E-state index contributed by atoms with van der Waals surface area (Å²) in [5.41, 5.74) is 0. The van der Waals surface area contributed by atoms with E-state index in [2.05, 4.69) is 6.92 Å². The first kappa shape index (κ1) is 13.6. The van der Waals surface area contributed by atoms with E-state index in [1.54, 1.807) is 6.26 Å². The molecule has 1 atom stereocenters. The Morgan fingerprint density at radius 1 is 1.19 bits per heavy atom. The molecule has 0 radical (unpaired) electrons. The molecule has 1 saturated carbocycles. The van der Waals surface area contributed by atoms with E-state index in [0.29, 0.717) is 5.92 Å². The van der Waals surface area contributed by atoms with Crippen molar-refractivity contribution in [2.75, 3.05) is 0 Å². The zero-order chi connectivity index (χ0) is 11.6. The molecule has 2 heteroatoms. The standard InChI is InChI=1S/C14H26O2/c1-2-3-9-12-16-14(15)13-10-7-5-4-6-8-11-13/h9,12-15H,2-8,10-11H2,1H3. The average Bonchev–Trinajstić information content (AvgIpc) is 2.23. The van der Waals surface area contributed by atoms with Gasteiger partial charge in [-0.2, -0.15) is 0 Å². The van der Waals surface area contributed by atoms with Gasteiger partial charge >= 0.3 is 0 Å². The molecular formula is C14H26O2. The Hall–Kier alpha value is -0.500. The van der Waals surface area contributed by atoms with Crippen LogP contribution in [0, 0.1) is 5.92 Å². The number of rotatable bonds is 5. The monoisotopic (exact) mass is 226 g/mol. The van der Waals surface area contributed by atoms with Crippen LogP contribution >= 0.6 is 0 Å². The highest BCUT2D eigenvalue weighted by atomic mass is 16.6. The van der Waals surface area contributed by atoms with Crippen LogP contribution in [0.15, 0.2) is 12.3 Å². The SMILES string of the molecule is CCCC=COC(O)C1CCCCCCC1. The van der Waals surface area contributed by atoms with Gasteiger partial charge in [0.05, 0.1) is 6.26 Å². The normalized spacial score (nSPS) is 21.6. The second-order valence-electron chi connectivity index (χ2n) is 4.79. The average molecular weight is 226 g/mol. The Balaban J connectivity index is 2.24. The lowest BCUT2D eigenvalue weighted by molar-refractivity contribution is -0.0984. The number of aliphatic hydroxyl groups excluding tert-OH is 1. The summed E-state index contributed by atoms with van der Waals surface area (Å²) in [6, 6.07) is 0. The largest absolute Gasteiger partial charge is 0.473 e. The molecule has 0 aromatic rings. The lowest BCUT2D eigenvalue weighted by Gasteiger charge is -2.23. The number of hydrogen-bond acceptors (Lipinski definition) is 2. The van der Waals surface area contributed by atoms with Gasteiger partial charge in [0.2, 0.25) is 0 Å². The minimum absolute atomic E-state index is 0.339. The van der Waals surface area contributed by atoms with Crippen LogP contribution < -0.4 is 0 Å². The van der Waals surface area contributed by atoms with Gasteiger partial charge < -0.3 is 9.84 Å². The van der Waals surface area contributed by atoms with Gasteiger partial charge in [-0.25, -0.2) is 0 Å². The van der Waals surface area contributed by atoms with E-state index in [4.69, 9.17) is 4.74 Å². The van der Waals surface area contributed by atoms with Crippen molar-refractivity contribution >= 4 is 0 Å². The molecule has 0 bridgehead atoms. The summed E-state index contributed by atoms with van der Waals surface area (Å²) in [5.74, 6) is 0.339. The van der Waals surface area contributed by atoms with Crippen molar-refractivity contribution in [3.8, 4) is 0 Å². The number of unbranched alkanes of at least 4 members (excludes halogenated alkanes) is 1.